The van der Waals surface area contributed by atoms with Gasteiger partial charge in [0.05, 0.1) is 32.3 Å². The van der Waals surface area contributed by atoms with Gasteiger partial charge in [-0.25, -0.2) is 14.6 Å². The molecule has 122 valence electrons. The Morgan fingerprint density at radius 2 is 1.46 bits per heavy atom. The number of carbonyl (C=O) groups excluding carboxylic acids is 2. The molecule has 0 bridgehead atoms. The average Bonchev–Trinajstić information content (AvgIpc) is 2.57. The summed E-state index contributed by atoms with van der Waals surface area (Å²) in [6.07, 6.45) is 3.20. The molecule has 4 nitrogen and oxygen atoms in total. The van der Waals surface area contributed by atoms with E-state index < -0.39 is 0 Å². The van der Waals surface area contributed by atoms with E-state index in [4.69, 9.17) is 46.4 Å². The van der Waals surface area contributed by atoms with Crippen molar-refractivity contribution in [3.63, 3.8) is 0 Å². The van der Waals surface area contributed by atoms with Crippen molar-refractivity contribution in [2.45, 2.75) is 13.0 Å². The molecule has 0 amide bonds. The topological polar surface area (TPSA) is 58.9 Å². The maximum Gasteiger partial charge on any atom is 0.240 e. The SMILES string of the molecule is O=C=NCc1ccc(Cl)c(Cl)c1Cc1ccc(Cl)c(Cl)c1N=C=O. The van der Waals surface area contributed by atoms with Crippen LogP contribution in [0, 0.1) is 0 Å². The zero-order valence-electron chi connectivity index (χ0n) is 11.9. The second kappa shape index (κ2) is 8.46. The lowest BCUT2D eigenvalue weighted by Gasteiger charge is -2.13. The smallest absolute Gasteiger partial charge is 0.211 e. The third kappa shape index (κ3) is 4.06. The second-order valence-electron chi connectivity index (χ2n) is 4.66. The van der Waals surface area contributed by atoms with Gasteiger partial charge < -0.3 is 0 Å². The number of isocyanates is 2. The lowest BCUT2D eigenvalue weighted by molar-refractivity contribution is 0.562. The molecular weight excluding hydrogens is 394 g/mol. The molecule has 2 aromatic rings. The summed E-state index contributed by atoms with van der Waals surface area (Å²) < 4.78 is 0. The minimum atomic E-state index is 0.101. The zero-order valence-corrected chi connectivity index (χ0v) is 15.0. The lowest BCUT2D eigenvalue weighted by Crippen LogP contribution is -1.98. The predicted octanol–water partition coefficient (Wildman–Crippen LogP) is 5.69. The van der Waals surface area contributed by atoms with E-state index in [0.717, 1.165) is 0 Å². The fraction of sp³-hybridized carbons (Fsp3) is 0.125. The molecule has 0 unspecified atom stereocenters. The summed E-state index contributed by atoms with van der Waals surface area (Å²) in [7, 11) is 0. The van der Waals surface area contributed by atoms with E-state index in [9.17, 15) is 9.59 Å². The van der Waals surface area contributed by atoms with E-state index >= 15 is 0 Å². The number of hydrogen-bond donors (Lipinski definition) is 0. The van der Waals surface area contributed by atoms with Gasteiger partial charge in [-0.2, -0.15) is 4.99 Å². The van der Waals surface area contributed by atoms with E-state index in [1.54, 1.807) is 24.3 Å². The summed E-state index contributed by atoms with van der Waals surface area (Å²) in [5.74, 6) is 0. The van der Waals surface area contributed by atoms with Gasteiger partial charge in [-0.15, -0.1) is 0 Å². The van der Waals surface area contributed by atoms with Crippen LogP contribution in [0.5, 0.6) is 0 Å². The summed E-state index contributed by atoms with van der Waals surface area (Å²) in [5, 5.41) is 1.08. The summed E-state index contributed by atoms with van der Waals surface area (Å²) in [6.45, 7) is 0.101. The predicted molar refractivity (Wildman–Crippen MR) is 95.3 cm³/mol. The molecule has 0 N–H and O–H groups in total. The summed E-state index contributed by atoms with van der Waals surface area (Å²) in [4.78, 5) is 28.2. The van der Waals surface area contributed by atoms with Gasteiger partial charge >= 0.3 is 0 Å². The van der Waals surface area contributed by atoms with Crippen LogP contribution in [-0.4, -0.2) is 12.2 Å². The molecule has 0 aliphatic heterocycles. The second-order valence-corrected chi connectivity index (χ2v) is 6.23. The van der Waals surface area contributed by atoms with E-state index in [-0.39, 0.29) is 28.7 Å². The van der Waals surface area contributed by atoms with Crippen molar-refractivity contribution in [1.29, 1.82) is 0 Å². The summed E-state index contributed by atoms with van der Waals surface area (Å²) in [5.41, 5.74) is 2.15. The van der Waals surface area contributed by atoms with Crippen molar-refractivity contribution >= 4 is 64.3 Å². The van der Waals surface area contributed by atoms with Crippen molar-refractivity contribution in [2.24, 2.45) is 9.98 Å². The van der Waals surface area contributed by atoms with Crippen LogP contribution in [0.15, 0.2) is 34.3 Å². The van der Waals surface area contributed by atoms with Crippen molar-refractivity contribution in [3.05, 3.63) is 61.0 Å². The Morgan fingerprint density at radius 3 is 2.08 bits per heavy atom. The summed E-state index contributed by atoms with van der Waals surface area (Å²) >= 11 is 24.4. The average molecular weight is 402 g/mol. The first-order valence-electron chi connectivity index (χ1n) is 6.53. The quantitative estimate of drug-likeness (QED) is 0.476. The molecule has 2 aromatic carbocycles. The fourth-order valence-corrected chi connectivity index (χ4v) is 2.98. The highest BCUT2D eigenvalue weighted by molar-refractivity contribution is 6.44. The van der Waals surface area contributed by atoms with Gasteiger partial charge in [0, 0.05) is 6.42 Å². The van der Waals surface area contributed by atoms with Crippen molar-refractivity contribution < 1.29 is 9.59 Å². The van der Waals surface area contributed by atoms with Crippen LogP contribution in [0.1, 0.15) is 16.7 Å². The minimum absolute atomic E-state index is 0.101. The molecule has 0 saturated heterocycles. The van der Waals surface area contributed by atoms with Crippen LogP contribution < -0.4 is 0 Å². The molecule has 0 atom stereocenters. The Balaban J connectivity index is 2.59. The molecule has 0 heterocycles. The Kier molecular flexibility index (Phi) is 6.59. The number of rotatable bonds is 5. The van der Waals surface area contributed by atoms with Crippen molar-refractivity contribution in [1.82, 2.24) is 0 Å². The highest BCUT2D eigenvalue weighted by atomic mass is 35.5. The normalized spacial score (nSPS) is 10.0. The molecule has 2 rings (SSSR count). The Labute approximate surface area is 157 Å². The molecule has 0 spiro atoms. The third-order valence-corrected chi connectivity index (χ3v) is 4.92. The molecule has 0 fully saturated rings. The molecule has 0 saturated carbocycles. The van der Waals surface area contributed by atoms with Gasteiger partial charge in [-0.3, -0.25) is 0 Å². The minimum Gasteiger partial charge on any atom is -0.211 e. The van der Waals surface area contributed by atoms with Crippen LogP contribution in [0.3, 0.4) is 0 Å². The number of halogens is 4. The van der Waals surface area contributed by atoms with Crippen LogP contribution in [0.25, 0.3) is 0 Å². The van der Waals surface area contributed by atoms with Crippen LogP contribution in [0.4, 0.5) is 5.69 Å². The zero-order chi connectivity index (χ0) is 17.7. The van der Waals surface area contributed by atoms with Gasteiger partial charge in [0.25, 0.3) is 0 Å². The number of hydrogen-bond acceptors (Lipinski definition) is 4. The van der Waals surface area contributed by atoms with Gasteiger partial charge in [0.1, 0.15) is 0 Å². The Hall–Kier alpha value is -1.64. The number of nitrogens with zero attached hydrogens (tertiary/aromatic N) is 2. The summed E-state index contributed by atoms with van der Waals surface area (Å²) in [6, 6.07) is 6.59. The maximum absolute atomic E-state index is 10.7. The third-order valence-electron chi connectivity index (χ3n) is 3.28. The highest BCUT2D eigenvalue weighted by Gasteiger charge is 2.16. The highest BCUT2D eigenvalue weighted by Crippen LogP contribution is 2.38. The van der Waals surface area contributed by atoms with Crippen LogP contribution in [-0.2, 0) is 22.6 Å². The van der Waals surface area contributed by atoms with Crippen molar-refractivity contribution in [2.75, 3.05) is 0 Å². The van der Waals surface area contributed by atoms with Crippen molar-refractivity contribution in [3.8, 4) is 0 Å². The molecular formula is C16H8Cl4N2O2. The Morgan fingerprint density at radius 1 is 0.833 bits per heavy atom. The molecule has 0 aromatic heterocycles. The van der Waals surface area contributed by atoms with Gasteiger partial charge in [0.15, 0.2) is 0 Å². The maximum atomic E-state index is 10.7. The van der Waals surface area contributed by atoms with Gasteiger partial charge in [0.2, 0.25) is 12.2 Å². The largest absolute Gasteiger partial charge is 0.240 e. The Bertz CT molecular complexity index is 886. The van der Waals surface area contributed by atoms with Crippen LogP contribution >= 0.6 is 46.4 Å². The monoisotopic (exact) mass is 400 g/mol. The number of aliphatic imine (C=N–C) groups is 2. The van der Waals surface area contributed by atoms with E-state index in [0.29, 0.717) is 26.7 Å². The molecule has 24 heavy (non-hydrogen) atoms. The van der Waals surface area contributed by atoms with E-state index in [1.807, 2.05) is 0 Å². The lowest BCUT2D eigenvalue weighted by atomic mass is 9.98. The first-order valence-corrected chi connectivity index (χ1v) is 8.05. The first kappa shape index (κ1) is 18.7. The fourth-order valence-electron chi connectivity index (χ4n) is 2.17. The van der Waals surface area contributed by atoms with E-state index in [2.05, 4.69) is 9.98 Å². The molecule has 0 radical (unpaired) electrons. The van der Waals surface area contributed by atoms with Crippen LogP contribution in [0.2, 0.25) is 20.1 Å². The van der Waals surface area contributed by atoms with Gasteiger partial charge in [-0.05, 0) is 28.8 Å². The first-order chi connectivity index (χ1) is 11.5. The molecule has 8 heteroatoms. The number of benzene rings is 2. The molecule has 0 aliphatic carbocycles. The molecule has 0 aliphatic rings. The van der Waals surface area contributed by atoms with Gasteiger partial charge in [-0.1, -0.05) is 58.5 Å². The van der Waals surface area contributed by atoms with E-state index in [1.165, 1.54) is 12.2 Å². The standard InChI is InChI=1S/C16H8Cl4N2O2/c17-12-4-2-10(6-21-7-23)11(14(12)19)5-9-1-3-13(18)15(20)16(9)22-8-24/h1-4H,5-6H2.